The Morgan fingerprint density at radius 3 is 1.96 bits per heavy atom. The highest BCUT2D eigenvalue weighted by Gasteiger charge is 2.01. The van der Waals surface area contributed by atoms with Crippen LogP contribution in [0.25, 0.3) is 0 Å². The lowest BCUT2D eigenvalue weighted by Crippen LogP contribution is -2.18. The van der Waals surface area contributed by atoms with Crippen molar-refractivity contribution in [3.8, 4) is 5.75 Å². The largest absolute Gasteiger partial charge is 0.489 e. The Hall–Kier alpha value is -2.56. The molecule has 0 saturated carbocycles. The first-order chi connectivity index (χ1) is 12.2. The zero-order valence-corrected chi connectivity index (χ0v) is 15.0. The van der Waals surface area contributed by atoms with Gasteiger partial charge in [0.05, 0.1) is 0 Å². The molecule has 0 radical (unpaired) electrons. The maximum Gasteiger partial charge on any atom is 0.175 e. The summed E-state index contributed by atoms with van der Waals surface area (Å²) in [5.41, 5.74) is 2.90. The molecular formula is C20H17ClN2OS. The molecule has 3 aromatic rings. The van der Waals surface area contributed by atoms with Crippen molar-refractivity contribution < 1.29 is 4.74 Å². The first kappa shape index (κ1) is 17.3. The molecule has 0 aliphatic carbocycles. The molecule has 0 atom stereocenters. The normalized spacial score (nSPS) is 10.1. The van der Waals surface area contributed by atoms with Gasteiger partial charge in [0.25, 0.3) is 0 Å². The standard InChI is InChI=1S/C20H17ClN2OS/c21-16-6-8-17(9-7-16)22-20(25)23-18-10-12-19(13-11-18)24-14-15-4-2-1-3-5-15/h1-13H,14H2,(H2,22,23,25). The van der Waals surface area contributed by atoms with Crippen LogP contribution in [0.15, 0.2) is 78.9 Å². The van der Waals surface area contributed by atoms with Gasteiger partial charge in [-0.05, 0) is 66.3 Å². The number of anilines is 2. The average molecular weight is 369 g/mol. The molecule has 3 rings (SSSR count). The third-order valence-electron chi connectivity index (χ3n) is 3.46. The molecule has 2 N–H and O–H groups in total. The summed E-state index contributed by atoms with van der Waals surface area (Å²) in [6.07, 6.45) is 0. The Bertz CT molecular complexity index is 821. The predicted octanol–water partition coefficient (Wildman–Crippen LogP) is 5.73. The van der Waals surface area contributed by atoms with Crippen LogP contribution >= 0.6 is 23.8 Å². The molecule has 126 valence electrons. The quantitative estimate of drug-likeness (QED) is 0.563. The first-order valence-electron chi connectivity index (χ1n) is 7.79. The molecule has 0 spiro atoms. The van der Waals surface area contributed by atoms with Crippen LogP contribution in [0.1, 0.15) is 5.56 Å². The summed E-state index contributed by atoms with van der Waals surface area (Å²) < 4.78 is 5.77. The fourth-order valence-electron chi connectivity index (χ4n) is 2.20. The van der Waals surface area contributed by atoms with Gasteiger partial charge in [-0.25, -0.2) is 0 Å². The molecule has 0 aliphatic heterocycles. The molecule has 0 aliphatic rings. The molecule has 0 aromatic heterocycles. The summed E-state index contributed by atoms with van der Waals surface area (Å²) in [5.74, 6) is 0.811. The first-order valence-corrected chi connectivity index (χ1v) is 8.58. The van der Waals surface area contributed by atoms with E-state index in [1.807, 2.05) is 78.9 Å². The second kappa shape index (κ2) is 8.51. The summed E-state index contributed by atoms with van der Waals surface area (Å²) in [7, 11) is 0. The van der Waals surface area contributed by atoms with Gasteiger partial charge in [-0.1, -0.05) is 41.9 Å². The fraction of sp³-hybridized carbons (Fsp3) is 0.0500. The van der Waals surface area contributed by atoms with Crippen molar-refractivity contribution in [2.24, 2.45) is 0 Å². The highest BCUT2D eigenvalue weighted by atomic mass is 35.5. The fourth-order valence-corrected chi connectivity index (χ4v) is 2.56. The highest BCUT2D eigenvalue weighted by Crippen LogP contribution is 2.18. The Labute approximate surface area is 157 Å². The summed E-state index contributed by atoms with van der Waals surface area (Å²) in [6.45, 7) is 0.546. The molecule has 0 heterocycles. The smallest absolute Gasteiger partial charge is 0.175 e. The van der Waals surface area contributed by atoms with Crippen molar-refractivity contribution in [2.75, 3.05) is 10.6 Å². The van der Waals surface area contributed by atoms with Crippen LogP contribution in [-0.4, -0.2) is 5.11 Å². The van der Waals surface area contributed by atoms with Crippen molar-refractivity contribution in [1.29, 1.82) is 0 Å². The topological polar surface area (TPSA) is 33.3 Å². The number of rotatable bonds is 5. The maximum absolute atomic E-state index is 5.87. The van der Waals surface area contributed by atoms with Gasteiger partial charge in [0.1, 0.15) is 12.4 Å². The average Bonchev–Trinajstić information content (AvgIpc) is 2.64. The second-order valence-electron chi connectivity index (χ2n) is 5.38. The zero-order valence-electron chi connectivity index (χ0n) is 13.4. The number of thiocarbonyl (C=S) groups is 1. The van der Waals surface area contributed by atoms with Crippen molar-refractivity contribution >= 4 is 40.3 Å². The van der Waals surface area contributed by atoms with E-state index >= 15 is 0 Å². The van der Waals surface area contributed by atoms with Crippen molar-refractivity contribution in [3.05, 3.63) is 89.4 Å². The van der Waals surface area contributed by atoms with Crippen LogP contribution in [-0.2, 0) is 6.61 Å². The lowest BCUT2D eigenvalue weighted by molar-refractivity contribution is 0.306. The van der Waals surface area contributed by atoms with E-state index in [9.17, 15) is 0 Å². The number of ether oxygens (including phenoxy) is 1. The Morgan fingerprint density at radius 2 is 1.36 bits per heavy atom. The van der Waals surface area contributed by atoms with E-state index in [-0.39, 0.29) is 0 Å². The molecule has 25 heavy (non-hydrogen) atoms. The van der Waals surface area contributed by atoms with E-state index in [1.165, 1.54) is 0 Å². The van der Waals surface area contributed by atoms with Crippen LogP contribution < -0.4 is 15.4 Å². The molecule has 5 heteroatoms. The Morgan fingerprint density at radius 1 is 0.800 bits per heavy atom. The monoisotopic (exact) mass is 368 g/mol. The lowest BCUT2D eigenvalue weighted by atomic mass is 10.2. The summed E-state index contributed by atoms with van der Waals surface area (Å²) in [5, 5.41) is 7.45. The minimum absolute atomic E-state index is 0.514. The van der Waals surface area contributed by atoms with Crippen LogP contribution in [0.4, 0.5) is 11.4 Å². The minimum Gasteiger partial charge on any atom is -0.489 e. The summed E-state index contributed by atoms with van der Waals surface area (Å²) in [4.78, 5) is 0. The van der Waals surface area contributed by atoms with Gasteiger partial charge in [-0.2, -0.15) is 0 Å². The van der Waals surface area contributed by atoms with Gasteiger partial charge in [0.2, 0.25) is 0 Å². The van der Waals surface area contributed by atoms with Crippen LogP contribution in [0, 0.1) is 0 Å². The zero-order chi connectivity index (χ0) is 17.5. The Balaban J connectivity index is 1.51. The number of benzene rings is 3. The van der Waals surface area contributed by atoms with Gasteiger partial charge in [-0.15, -0.1) is 0 Å². The van der Waals surface area contributed by atoms with E-state index in [1.54, 1.807) is 0 Å². The molecule has 0 fully saturated rings. The molecule has 0 saturated heterocycles. The van der Waals surface area contributed by atoms with Gasteiger partial charge >= 0.3 is 0 Å². The number of halogens is 1. The van der Waals surface area contributed by atoms with Gasteiger partial charge in [0, 0.05) is 16.4 Å². The van der Waals surface area contributed by atoms with Crippen molar-refractivity contribution in [1.82, 2.24) is 0 Å². The van der Waals surface area contributed by atoms with Gasteiger partial charge in [0.15, 0.2) is 5.11 Å². The summed E-state index contributed by atoms with van der Waals surface area (Å²) >= 11 is 11.2. The predicted molar refractivity (Wildman–Crippen MR) is 109 cm³/mol. The summed E-state index contributed by atoms with van der Waals surface area (Å²) in [6, 6.07) is 25.1. The molecule has 0 amide bonds. The SMILES string of the molecule is S=C(Nc1ccc(Cl)cc1)Nc1ccc(OCc2ccccc2)cc1. The Kier molecular flexibility index (Phi) is 5.88. The number of hydrogen-bond donors (Lipinski definition) is 2. The second-order valence-corrected chi connectivity index (χ2v) is 6.23. The van der Waals surface area contributed by atoms with E-state index in [0.717, 1.165) is 22.7 Å². The number of hydrogen-bond acceptors (Lipinski definition) is 2. The molecular weight excluding hydrogens is 352 g/mol. The van der Waals surface area contributed by atoms with E-state index < -0.39 is 0 Å². The van der Waals surface area contributed by atoms with Gasteiger partial charge < -0.3 is 15.4 Å². The van der Waals surface area contributed by atoms with Crippen LogP contribution in [0.5, 0.6) is 5.75 Å². The van der Waals surface area contributed by atoms with E-state index in [2.05, 4.69) is 10.6 Å². The highest BCUT2D eigenvalue weighted by molar-refractivity contribution is 7.80. The van der Waals surface area contributed by atoms with Gasteiger partial charge in [-0.3, -0.25) is 0 Å². The molecule has 0 unspecified atom stereocenters. The van der Waals surface area contributed by atoms with Crippen LogP contribution in [0.3, 0.4) is 0 Å². The van der Waals surface area contributed by atoms with Crippen molar-refractivity contribution in [3.63, 3.8) is 0 Å². The lowest BCUT2D eigenvalue weighted by Gasteiger charge is -2.11. The molecule has 0 bridgehead atoms. The van der Waals surface area contributed by atoms with E-state index in [0.29, 0.717) is 16.7 Å². The van der Waals surface area contributed by atoms with Crippen LogP contribution in [0.2, 0.25) is 5.02 Å². The van der Waals surface area contributed by atoms with Crippen molar-refractivity contribution in [2.45, 2.75) is 6.61 Å². The maximum atomic E-state index is 5.87. The third-order valence-corrected chi connectivity index (χ3v) is 3.92. The third kappa shape index (κ3) is 5.48. The minimum atomic E-state index is 0.514. The van der Waals surface area contributed by atoms with E-state index in [4.69, 9.17) is 28.6 Å². The molecule has 3 nitrogen and oxygen atoms in total. The number of nitrogens with one attached hydrogen (secondary N) is 2. The molecule has 3 aromatic carbocycles.